The van der Waals surface area contributed by atoms with Crippen LogP contribution in [0.1, 0.15) is 11.3 Å². The third-order valence-corrected chi connectivity index (χ3v) is 2.71. The number of carboxylic acids is 1. The molecule has 0 fully saturated rings. The maximum atomic E-state index is 14.0. The Balaban J connectivity index is 2.42. The van der Waals surface area contributed by atoms with Crippen molar-refractivity contribution in [3.63, 3.8) is 0 Å². The second kappa shape index (κ2) is 4.18. The number of aromatic amines is 1. The summed E-state index contributed by atoms with van der Waals surface area (Å²) < 4.78 is 14.0. The van der Waals surface area contributed by atoms with Crippen LogP contribution in [-0.2, 0) is 11.2 Å². The number of halogens is 1. The number of rotatable bonds is 3. The molecular formula is C12H13FN2O2. The van der Waals surface area contributed by atoms with Gasteiger partial charge in [-0.3, -0.25) is 4.79 Å². The minimum Gasteiger partial charge on any atom is -0.480 e. The number of fused-ring (bicyclic) bond motifs is 1. The van der Waals surface area contributed by atoms with Gasteiger partial charge in [0.25, 0.3) is 0 Å². The molecule has 4 nitrogen and oxygen atoms in total. The van der Waals surface area contributed by atoms with E-state index in [-0.39, 0.29) is 6.42 Å². The summed E-state index contributed by atoms with van der Waals surface area (Å²) in [5.74, 6) is -1.53. The van der Waals surface area contributed by atoms with E-state index in [1.807, 2.05) is 6.92 Å². The van der Waals surface area contributed by atoms with Gasteiger partial charge in [0.1, 0.15) is 11.9 Å². The number of aromatic nitrogens is 1. The van der Waals surface area contributed by atoms with Crippen LogP contribution in [0.25, 0.3) is 10.9 Å². The third kappa shape index (κ3) is 2.14. The molecule has 1 unspecified atom stereocenters. The van der Waals surface area contributed by atoms with Crippen LogP contribution in [0.2, 0.25) is 0 Å². The first kappa shape index (κ1) is 11.6. The summed E-state index contributed by atoms with van der Waals surface area (Å²) in [6, 6.07) is 3.91. The normalized spacial score (nSPS) is 12.9. The van der Waals surface area contributed by atoms with Crippen LogP contribution in [0.5, 0.6) is 0 Å². The van der Waals surface area contributed by atoms with Gasteiger partial charge in [0.15, 0.2) is 0 Å². The molecule has 0 aliphatic heterocycles. The molecule has 4 N–H and O–H groups in total. The average Bonchev–Trinajstić information content (AvgIpc) is 2.63. The summed E-state index contributed by atoms with van der Waals surface area (Å²) in [5, 5.41) is 9.17. The Morgan fingerprint density at radius 1 is 1.59 bits per heavy atom. The zero-order valence-corrected chi connectivity index (χ0v) is 9.33. The molecule has 0 saturated heterocycles. The lowest BCUT2D eigenvalue weighted by molar-refractivity contribution is -0.138. The minimum absolute atomic E-state index is 0.0126. The summed E-state index contributed by atoms with van der Waals surface area (Å²) in [6.45, 7) is 1.84. The summed E-state index contributed by atoms with van der Waals surface area (Å²) >= 11 is 0. The molecule has 0 aliphatic rings. The molecular weight excluding hydrogens is 223 g/mol. The summed E-state index contributed by atoms with van der Waals surface area (Å²) in [7, 11) is 0. The van der Waals surface area contributed by atoms with Gasteiger partial charge >= 0.3 is 5.97 Å². The predicted molar refractivity (Wildman–Crippen MR) is 62.3 cm³/mol. The Labute approximate surface area is 97.2 Å². The first-order chi connectivity index (χ1) is 7.99. The number of nitrogens with one attached hydrogen (secondary N) is 1. The Morgan fingerprint density at radius 2 is 2.29 bits per heavy atom. The highest BCUT2D eigenvalue weighted by Gasteiger charge is 2.16. The molecule has 2 rings (SSSR count). The molecule has 17 heavy (non-hydrogen) atoms. The van der Waals surface area contributed by atoms with E-state index in [4.69, 9.17) is 10.8 Å². The highest BCUT2D eigenvalue weighted by Crippen LogP contribution is 2.22. The fraction of sp³-hybridized carbons (Fsp3) is 0.250. The maximum Gasteiger partial charge on any atom is 0.320 e. The van der Waals surface area contributed by atoms with Gasteiger partial charge < -0.3 is 15.8 Å². The number of aliphatic carboxylic acids is 1. The first-order valence-electron chi connectivity index (χ1n) is 5.24. The monoisotopic (exact) mass is 236 g/mol. The van der Waals surface area contributed by atoms with Gasteiger partial charge in [-0.2, -0.15) is 0 Å². The third-order valence-electron chi connectivity index (χ3n) is 2.71. The Bertz CT molecular complexity index is 577. The molecule has 1 heterocycles. The van der Waals surface area contributed by atoms with Crippen molar-refractivity contribution in [1.29, 1.82) is 0 Å². The maximum absolute atomic E-state index is 14.0. The van der Waals surface area contributed by atoms with Gasteiger partial charge in [-0.1, -0.05) is 6.07 Å². The molecule has 5 heteroatoms. The first-order valence-corrected chi connectivity index (χ1v) is 5.24. The van der Waals surface area contributed by atoms with Crippen LogP contribution in [-0.4, -0.2) is 22.1 Å². The van der Waals surface area contributed by atoms with E-state index in [2.05, 4.69) is 4.98 Å². The van der Waals surface area contributed by atoms with Gasteiger partial charge in [0.05, 0.1) is 0 Å². The summed E-state index contributed by atoms with van der Waals surface area (Å²) in [5.41, 5.74) is 7.28. The van der Waals surface area contributed by atoms with Crippen LogP contribution in [0, 0.1) is 12.7 Å². The van der Waals surface area contributed by atoms with Crippen molar-refractivity contribution in [2.24, 2.45) is 5.73 Å². The number of hydrogen-bond acceptors (Lipinski definition) is 2. The molecule has 90 valence electrons. The van der Waals surface area contributed by atoms with Crippen LogP contribution in [0.15, 0.2) is 18.2 Å². The number of nitrogens with two attached hydrogens (primary N) is 1. The van der Waals surface area contributed by atoms with Gasteiger partial charge in [0.2, 0.25) is 0 Å². The Kier molecular flexibility index (Phi) is 2.85. The number of carboxylic acid groups (broad SMARTS) is 1. The van der Waals surface area contributed by atoms with Crippen LogP contribution >= 0.6 is 0 Å². The molecule has 1 aromatic carbocycles. The summed E-state index contributed by atoms with van der Waals surface area (Å²) in [4.78, 5) is 13.6. The molecule has 0 saturated carbocycles. The van der Waals surface area contributed by atoms with Crippen molar-refractivity contribution in [1.82, 2.24) is 4.98 Å². The van der Waals surface area contributed by atoms with Crippen molar-refractivity contribution in [2.45, 2.75) is 19.4 Å². The number of H-pyrrole nitrogens is 1. The van der Waals surface area contributed by atoms with Crippen molar-refractivity contribution >= 4 is 16.9 Å². The molecule has 0 amide bonds. The Morgan fingerprint density at radius 3 is 2.94 bits per heavy atom. The van der Waals surface area contributed by atoms with Gasteiger partial charge in [-0.25, -0.2) is 4.39 Å². The lowest BCUT2D eigenvalue weighted by Crippen LogP contribution is -2.32. The van der Waals surface area contributed by atoms with Crippen LogP contribution in [0.4, 0.5) is 4.39 Å². The number of aryl methyl sites for hydroxylation is 1. The van der Waals surface area contributed by atoms with E-state index in [0.29, 0.717) is 16.5 Å². The van der Waals surface area contributed by atoms with E-state index in [1.165, 1.54) is 0 Å². The highest BCUT2D eigenvalue weighted by molar-refractivity contribution is 5.82. The van der Waals surface area contributed by atoms with Gasteiger partial charge in [-0.05, 0) is 24.6 Å². The van der Waals surface area contributed by atoms with Crippen LogP contribution in [0.3, 0.4) is 0 Å². The van der Waals surface area contributed by atoms with E-state index < -0.39 is 17.8 Å². The molecule has 1 atom stereocenters. The van der Waals surface area contributed by atoms with Gasteiger partial charge in [-0.15, -0.1) is 0 Å². The van der Waals surface area contributed by atoms with Crippen molar-refractivity contribution in [2.75, 3.05) is 0 Å². The average molecular weight is 236 g/mol. The number of hydrogen-bond donors (Lipinski definition) is 3. The van der Waals surface area contributed by atoms with Crippen molar-refractivity contribution < 1.29 is 14.3 Å². The smallest absolute Gasteiger partial charge is 0.320 e. The molecule has 2 aromatic rings. The summed E-state index contributed by atoms with van der Waals surface area (Å²) in [6.07, 6.45) is -0.0126. The van der Waals surface area contributed by atoms with E-state index in [1.54, 1.807) is 18.2 Å². The molecule has 1 aromatic heterocycles. The number of benzene rings is 1. The molecule has 0 bridgehead atoms. The van der Waals surface area contributed by atoms with E-state index in [0.717, 1.165) is 5.69 Å². The lowest BCUT2D eigenvalue weighted by Gasteiger charge is -2.07. The second-order valence-electron chi connectivity index (χ2n) is 4.10. The Hall–Kier alpha value is -1.88. The fourth-order valence-electron chi connectivity index (χ4n) is 1.84. The van der Waals surface area contributed by atoms with Crippen molar-refractivity contribution in [3.05, 3.63) is 35.3 Å². The van der Waals surface area contributed by atoms with Crippen molar-refractivity contribution in [3.8, 4) is 0 Å². The SMILES string of the molecule is Cc1cc2c(F)c(CC(N)C(=O)O)ccc2[nH]1. The van der Waals surface area contributed by atoms with Crippen LogP contribution < -0.4 is 5.73 Å². The molecule has 0 aliphatic carbocycles. The standard InChI is InChI=1S/C12H13FN2O2/c1-6-4-8-10(15-6)3-2-7(11(8)13)5-9(14)12(16)17/h2-4,9,15H,5,14H2,1H3,(H,16,17). The largest absolute Gasteiger partial charge is 0.480 e. The lowest BCUT2D eigenvalue weighted by atomic mass is 10.0. The van der Waals surface area contributed by atoms with Gasteiger partial charge in [0, 0.05) is 23.0 Å². The minimum atomic E-state index is -1.13. The fourth-order valence-corrected chi connectivity index (χ4v) is 1.84. The number of carbonyl (C=O) groups is 1. The zero-order valence-electron chi connectivity index (χ0n) is 9.33. The predicted octanol–water partition coefficient (Wildman–Crippen LogP) is 1.57. The molecule has 0 radical (unpaired) electrons. The highest BCUT2D eigenvalue weighted by atomic mass is 19.1. The quantitative estimate of drug-likeness (QED) is 0.756. The zero-order chi connectivity index (χ0) is 12.6. The second-order valence-corrected chi connectivity index (χ2v) is 4.10. The van der Waals surface area contributed by atoms with E-state index >= 15 is 0 Å². The topological polar surface area (TPSA) is 79.1 Å². The van der Waals surface area contributed by atoms with E-state index in [9.17, 15) is 9.18 Å². The molecule has 0 spiro atoms.